The Morgan fingerprint density at radius 2 is 1.68 bits per heavy atom. The van der Waals surface area contributed by atoms with Gasteiger partial charge in [-0.3, -0.25) is 14.8 Å². The Bertz CT molecular complexity index is 949. The first-order chi connectivity index (χ1) is 14.6. The summed E-state index contributed by atoms with van der Waals surface area (Å²) in [7, 11) is -4.07. The molecule has 2 heterocycles. The van der Waals surface area contributed by atoms with Crippen molar-refractivity contribution in [3.8, 4) is 0 Å². The quantitative estimate of drug-likeness (QED) is 0.312. The number of hydrogen-bond donors (Lipinski definition) is 3. The summed E-state index contributed by atoms with van der Waals surface area (Å²) in [5, 5.41) is 9.54. The molecule has 1 aromatic carbocycles. The minimum Gasteiger partial charge on any atom is -0.351 e. The SMILES string of the molecule is NC(=O)N1CCN(S(=O)(=O)N2CCC(C(=O)c3ccc(Cl)cc3)CC2)[C@@H](C(=O)NO)C1. The lowest BCUT2D eigenvalue weighted by Gasteiger charge is -2.41. The van der Waals surface area contributed by atoms with Crippen LogP contribution in [-0.2, 0) is 15.0 Å². The van der Waals surface area contributed by atoms with Crippen molar-refractivity contribution in [2.24, 2.45) is 11.7 Å². The lowest BCUT2D eigenvalue weighted by Crippen LogP contribution is -2.64. The fourth-order valence-electron chi connectivity index (χ4n) is 3.88. The van der Waals surface area contributed by atoms with E-state index in [2.05, 4.69) is 0 Å². The number of nitrogens with one attached hydrogen (secondary N) is 1. The Balaban J connectivity index is 1.69. The number of ketones is 1. The maximum absolute atomic E-state index is 13.2. The highest BCUT2D eigenvalue weighted by molar-refractivity contribution is 7.86. The smallest absolute Gasteiger partial charge is 0.314 e. The van der Waals surface area contributed by atoms with Crippen LogP contribution in [0, 0.1) is 5.92 Å². The van der Waals surface area contributed by atoms with E-state index in [1.165, 1.54) is 9.79 Å². The monoisotopic (exact) mass is 473 g/mol. The Morgan fingerprint density at radius 3 is 2.23 bits per heavy atom. The number of nitrogens with two attached hydrogens (primary N) is 1. The highest BCUT2D eigenvalue weighted by Gasteiger charge is 2.44. The summed E-state index contributed by atoms with van der Waals surface area (Å²) in [5.74, 6) is -1.35. The molecule has 0 radical (unpaired) electrons. The number of primary amides is 1. The third-order valence-corrected chi connectivity index (χ3v) is 7.93. The maximum Gasteiger partial charge on any atom is 0.314 e. The number of hydrogen-bond acceptors (Lipinski definition) is 6. The molecule has 2 aliphatic rings. The summed E-state index contributed by atoms with van der Waals surface area (Å²) >= 11 is 5.85. The molecule has 170 valence electrons. The van der Waals surface area contributed by atoms with Gasteiger partial charge in [0.2, 0.25) is 0 Å². The molecule has 0 saturated carbocycles. The number of halogens is 1. The predicted octanol–water partition coefficient (Wildman–Crippen LogP) is 0.0498. The van der Waals surface area contributed by atoms with Crippen LogP contribution in [0.2, 0.25) is 5.02 Å². The van der Waals surface area contributed by atoms with Crippen LogP contribution in [0.25, 0.3) is 0 Å². The molecule has 0 aromatic heterocycles. The van der Waals surface area contributed by atoms with E-state index in [1.54, 1.807) is 24.3 Å². The Kier molecular flexibility index (Phi) is 7.17. The van der Waals surface area contributed by atoms with Gasteiger partial charge in [0.05, 0.1) is 0 Å². The molecule has 3 amide bonds. The summed E-state index contributed by atoms with van der Waals surface area (Å²) in [4.78, 5) is 37.4. The van der Waals surface area contributed by atoms with Gasteiger partial charge >= 0.3 is 6.03 Å². The van der Waals surface area contributed by atoms with Crippen molar-refractivity contribution in [2.75, 3.05) is 32.7 Å². The van der Waals surface area contributed by atoms with E-state index in [0.29, 0.717) is 23.4 Å². The van der Waals surface area contributed by atoms with E-state index >= 15 is 0 Å². The Hall–Kier alpha value is -2.25. The van der Waals surface area contributed by atoms with Crippen LogP contribution in [-0.4, -0.2) is 83.6 Å². The Labute approximate surface area is 184 Å². The summed E-state index contributed by atoms with van der Waals surface area (Å²) in [6, 6.07) is 4.45. The van der Waals surface area contributed by atoms with Crippen LogP contribution in [0.4, 0.5) is 4.79 Å². The van der Waals surface area contributed by atoms with Crippen LogP contribution in [0.3, 0.4) is 0 Å². The fourth-order valence-corrected chi connectivity index (χ4v) is 5.77. The molecule has 0 spiro atoms. The van der Waals surface area contributed by atoms with Crippen molar-refractivity contribution >= 4 is 39.5 Å². The summed E-state index contributed by atoms with van der Waals surface area (Å²) in [6.07, 6.45) is 0.664. The highest BCUT2D eigenvalue weighted by Crippen LogP contribution is 2.27. The van der Waals surface area contributed by atoms with Crippen LogP contribution in [0.1, 0.15) is 23.2 Å². The van der Waals surface area contributed by atoms with Gasteiger partial charge in [0, 0.05) is 49.2 Å². The Morgan fingerprint density at radius 1 is 1.06 bits per heavy atom. The van der Waals surface area contributed by atoms with Crippen molar-refractivity contribution in [3.63, 3.8) is 0 Å². The molecule has 31 heavy (non-hydrogen) atoms. The van der Waals surface area contributed by atoms with E-state index in [-0.39, 0.29) is 44.4 Å². The van der Waals surface area contributed by atoms with Crippen molar-refractivity contribution in [3.05, 3.63) is 34.9 Å². The van der Waals surface area contributed by atoms with Crippen LogP contribution >= 0.6 is 11.6 Å². The van der Waals surface area contributed by atoms with E-state index in [0.717, 1.165) is 9.21 Å². The minimum atomic E-state index is -4.07. The van der Waals surface area contributed by atoms with Gasteiger partial charge in [-0.1, -0.05) is 11.6 Å². The molecule has 0 aliphatic carbocycles. The molecule has 11 nitrogen and oxygen atoms in total. The second kappa shape index (κ2) is 9.49. The predicted molar refractivity (Wildman–Crippen MR) is 111 cm³/mol. The molecule has 2 saturated heterocycles. The van der Waals surface area contributed by atoms with Gasteiger partial charge in [0.15, 0.2) is 5.78 Å². The lowest BCUT2D eigenvalue weighted by molar-refractivity contribution is -0.134. The molecular weight excluding hydrogens is 450 g/mol. The van der Waals surface area contributed by atoms with Crippen molar-refractivity contribution in [1.29, 1.82) is 0 Å². The lowest BCUT2D eigenvalue weighted by atomic mass is 9.90. The zero-order chi connectivity index (χ0) is 22.8. The van der Waals surface area contributed by atoms with Gasteiger partial charge in [-0.15, -0.1) is 0 Å². The summed E-state index contributed by atoms with van der Waals surface area (Å²) in [6.45, 7) is -0.180. The second-order valence-electron chi connectivity index (χ2n) is 7.44. The highest BCUT2D eigenvalue weighted by atomic mass is 35.5. The van der Waals surface area contributed by atoms with Gasteiger partial charge in [-0.25, -0.2) is 10.3 Å². The normalized spacial score (nSPS) is 21.6. The number of benzene rings is 1. The standard InChI is InChI=1S/C18H24ClN5O6S/c19-14-3-1-12(2-4-14)16(25)13-5-7-23(8-6-13)31(29,30)24-10-9-22(18(20)27)11-15(24)17(26)21-28/h1-4,13,15,28H,5-11H2,(H2,20,27)(H,21,26)/t15-/m1/s1. The molecule has 2 fully saturated rings. The second-order valence-corrected chi connectivity index (χ2v) is 9.76. The average molecular weight is 474 g/mol. The number of carbonyl (C=O) groups is 3. The zero-order valence-corrected chi connectivity index (χ0v) is 18.2. The van der Waals surface area contributed by atoms with Gasteiger partial charge < -0.3 is 10.6 Å². The van der Waals surface area contributed by atoms with Crippen molar-refractivity contribution in [1.82, 2.24) is 19.0 Å². The number of nitrogens with zero attached hydrogens (tertiary/aromatic N) is 3. The van der Waals surface area contributed by atoms with E-state index in [4.69, 9.17) is 22.5 Å². The first kappa shape index (κ1) is 23.4. The van der Waals surface area contributed by atoms with Crippen molar-refractivity contribution in [2.45, 2.75) is 18.9 Å². The molecule has 1 aromatic rings. The number of hydroxylamine groups is 1. The van der Waals surface area contributed by atoms with E-state index in [1.807, 2.05) is 0 Å². The molecular formula is C18H24ClN5O6S. The molecule has 3 rings (SSSR count). The number of piperidine rings is 1. The maximum atomic E-state index is 13.2. The minimum absolute atomic E-state index is 0.0231. The molecule has 13 heteroatoms. The molecule has 0 unspecified atom stereocenters. The third kappa shape index (κ3) is 4.99. The van der Waals surface area contributed by atoms with Gasteiger partial charge in [0.1, 0.15) is 6.04 Å². The largest absolute Gasteiger partial charge is 0.351 e. The number of rotatable bonds is 5. The summed E-state index contributed by atoms with van der Waals surface area (Å²) < 4.78 is 28.6. The number of carbonyl (C=O) groups excluding carboxylic acids is 3. The van der Waals surface area contributed by atoms with E-state index in [9.17, 15) is 22.8 Å². The molecule has 2 aliphatic heterocycles. The third-order valence-electron chi connectivity index (χ3n) is 5.63. The van der Waals surface area contributed by atoms with Crippen LogP contribution in [0.15, 0.2) is 24.3 Å². The topological polar surface area (TPSA) is 153 Å². The first-order valence-corrected chi connectivity index (χ1v) is 11.5. The number of piperazine rings is 1. The number of urea groups is 1. The van der Waals surface area contributed by atoms with Crippen LogP contribution < -0.4 is 11.2 Å². The van der Waals surface area contributed by atoms with Crippen molar-refractivity contribution < 1.29 is 28.0 Å². The van der Waals surface area contributed by atoms with Gasteiger partial charge in [-0.2, -0.15) is 17.0 Å². The molecule has 1 atom stereocenters. The van der Waals surface area contributed by atoms with Gasteiger partial charge in [0.25, 0.3) is 16.1 Å². The number of amides is 3. The summed E-state index contributed by atoms with van der Waals surface area (Å²) in [5.41, 5.74) is 7.21. The number of Topliss-reactive ketones (excluding diaryl/α,β-unsaturated/α-hetero) is 1. The van der Waals surface area contributed by atoms with Crippen LogP contribution in [0.5, 0.6) is 0 Å². The molecule has 4 N–H and O–H groups in total. The first-order valence-electron chi connectivity index (χ1n) is 9.70. The van der Waals surface area contributed by atoms with Gasteiger partial charge in [-0.05, 0) is 37.1 Å². The molecule has 0 bridgehead atoms. The zero-order valence-electron chi connectivity index (χ0n) is 16.6. The average Bonchev–Trinajstić information content (AvgIpc) is 2.78. The fraction of sp³-hybridized carbons (Fsp3) is 0.500. The van der Waals surface area contributed by atoms with E-state index < -0.39 is 28.2 Å².